The van der Waals surface area contributed by atoms with Gasteiger partial charge in [0.05, 0.1) is 5.56 Å². The number of carboxylic acid groups (broad SMARTS) is 1. The Hall–Kier alpha value is -0.724. The number of aliphatic hydroxyl groups is 2. The molecule has 0 heterocycles. The molecule has 0 radical (unpaired) electrons. The van der Waals surface area contributed by atoms with Gasteiger partial charge in [-0.1, -0.05) is 48.5 Å². The number of esters is 2. The molecule has 10 heteroatoms. The summed E-state index contributed by atoms with van der Waals surface area (Å²) in [5.41, 5.74) is -3.82. The van der Waals surface area contributed by atoms with Crippen LogP contribution < -0.4 is 0 Å². The van der Waals surface area contributed by atoms with E-state index in [2.05, 4.69) is 4.74 Å². The summed E-state index contributed by atoms with van der Waals surface area (Å²) in [5, 5.41) is 29.1. The second kappa shape index (κ2) is 12.1. The van der Waals surface area contributed by atoms with Crippen LogP contribution in [0.1, 0.15) is 20.7 Å². The Morgan fingerprint density at radius 2 is 1.29 bits per heavy atom. The minimum atomic E-state index is -3.50. The van der Waals surface area contributed by atoms with Crippen molar-refractivity contribution in [2.45, 2.75) is 11.7 Å². The summed E-state index contributed by atoms with van der Waals surface area (Å²) in [4.78, 5) is 47.8. The molecule has 0 spiro atoms. The van der Waals surface area contributed by atoms with E-state index in [0.717, 1.165) is 0 Å². The van der Waals surface area contributed by atoms with E-state index in [1.807, 2.05) is 0 Å². The van der Waals surface area contributed by atoms with Gasteiger partial charge < -0.3 is 20.1 Å². The maximum absolute atomic E-state index is 12.5. The van der Waals surface area contributed by atoms with Gasteiger partial charge in [-0.2, -0.15) is 0 Å². The molecule has 28 heavy (non-hydrogen) atoms. The zero-order valence-corrected chi connectivity index (χ0v) is 13.2. The first-order valence-electron chi connectivity index (χ1n) is 7.33. The van der Waals surface area contributed by atoms with Crippen molar-refractivity contribution in [3.05, 3.63) is 71.8 Å². The molecule has 0 aliphatic carbocycles. The summed E-state index contributed by atoms with van der Waals surface area (Å²) in [6.45, 7) is 0. The Bertz CT molecular complexity index is 843. The molecule has 8 nitrogen and oxygen atoms in total. The molecule has 3 N–H and O–H groups in total. The topological polar surface area (TPSA) is 138 Å². The van der Waals surface area contributed by atoms with Gasteiger partial charge >= 0.3 is 98.8 Å². The normalized spacial score (nSPS) is 12.9. The van der Waals surface area contributed by atoms with Gasteiger partial charge in [-0.05, 0) is 12.1 Å². The third-order valence-electron chi connectivity index (χ3n) is 3.52. The number of hydrogen-bond acceptors (Lipinski definition) is 7. The van der Waals surface area contributed by atoms with Crippen molar-refractivity contribution in [2.75, 3.05) is 0 Å². The molecule has 0 bridgehead atoms. The molecule has 2 atom stereocenters. The Kier molecular flexibility index (Phi) is 11.8. The third kappa shape index (κ3) is 6.13. The SMILES string of the molecule is O=C(OC(=O)C(O)(C(=O)c1ccccc1)C(O)C(=O)O)c1ccccc1.[KH].[NaH]. The predicted octanol–water partition coefficient (Wildman–Crippen LogP) is -0.868. The molecule has 138 valence electrons. The van der Waals surface area contributed by atoms with E-state index in [0.29, 0.717) is 0 Å². The van der Waals surface area contributed by atoms with Crippen molar-refractivity contribution in [3.63, 3.8) is 0 Å². The molecular weight excluding hydrogens is 406 g/mol. The van der Waals surface area contributed by atoms with Crippen molar-refractivity contribution in [1.82, 2.24) is 0 Å². The number of carbonyl (C=O) groups is 4. The number of Topliss-reactive ketones (excluding diaryl/α,β-unsaturated/α-hetero) is 1. The number of carboxylic acids is 1. The molecule has 0 aromatic heterocycles. The van der Waals surface area contributed by atoms with E-state index in [-0.39, 0.29) is 92.1 Å². The van der Waals surface area contributed by atoms with Crippen molar-refractivity contribution in [2.24, 2.45) is 0 Å². The van der Waals surface area contributed by atoms with Crippen LogP contribution in [0.15, 0.2) is 60.7 Å². The number of benzene rings is 2. The van der Waals surface area contributed by atoms with E-state index in [1.54, 1.807) is 12.1 Å². The van der Waals surface area contributed by atoms with Crippen molar-refractivity contribution < 1.29 is 39.2 Å². The Morgan fingerprint density at radius 3 is 1.71 bits per heavy atom. The number of ether oxygens (including phenoxy) is 1. The summed E-state index contributed by atoms with van der Waals surface area (Å²) in [6, 6.07) is 13.9. The molecule has 0 saturated carbocycles. The number of aliphatic hydroxyl groups excluding tert-OH is 1. The fraction of sp³-hybridized carbons (Fsp3) is 0.111. The van der Waals surface area contributed by atoms with E-state index in [1.165, 1.54) is 48.5 Å². The summed E-state index contributed by atoms with van der Waals surface area (Å²) in [6.07, 6.45) is -2.84. The van der Waals surface area contributed by atoms with Gasteiger partial charge in [0, 0.05) is 5.56 Å². The van der Waals surface area contributed by atoms with Crippen LogP contribution in [0.4, 0.5) is 0 Å². The molecule has 0 amide bonds. The van der Waals surface area contributed by atoms with Crippen LogP contribution in [0.3, 0.4) is 0 Å². The Labute approximate surface area is 224 Å². The molecule has 0 aliphatic heterocycles. The summed E-state index contributed by atoms with van der Waals surface area (Å²) >= 11 is 0. The van der Waals surface area contributed by atoms with Crippen LogP contribution in [0.5, 0.6) is 0 Å². The summed E-state index contributed by atoms with van der Waals surface area (Å²) < 4.78 is 4.44. The first kappa shape index (κ1) is 27.3. The number of ketones is 1. The van der Waals surface area contributed by atoms with Crippen LogP contribution >= 0.6 is 0 Å². The predicted molar refractivity (Wildman–Crippen MR) is 101 cm³/mol. The number of hydrogen-bond donors (Lipinski definition) is 3. The van der Waals surface area contributed by atoms with E-state index in [9.17, 15) is 29.4 Å². The number of aliphatic carboxylic acids is 1. The first-order chi connectivity index (χ1) is 12.3. The van der Waals surface area contributed by atoms with Gasteiger partial charge in [0.2, 0.25) is 5.78 Å². The van der Waals surface area contributed by atoms with Crippen LogP contribution in [0, 0.1) is 0 Å². The minimum absolute atomic E-state index is 0. The standard InChI is InChI=1S/C18H14O8.K.Na.2H/c19-13(11-7-3-1-4-8-11)18(25,14(20)15(21)22)17(24)26-16(23)12-9-5-2-6-10-12;;;;/h1-10,14,20,25H,(H,21,22);;;;. The van der Waals surface area contributed by atoms with Crippen molar-refractivity contribution in [3.8, 4) is 0 Å². The second-order valence-electron chi connectivity index (χ2n) is 5.25. The summed E-state index contributed by atoms with van der Waals surface area (Å²) in [7, 11) is 0. The van der Waals surface area contributed by atoms with Gasteiger partial charge in [0.25, 0.3) is 5.60 Å². The van der Waals surface area contributed by atoms with Crippen LogP contribution in [-0.4, -0.2) is 132 Å². The van der Waals surface area contributed by atoms with E-state index >= 15 is 0 Å². The first-order valence-corrected chi connectivity index (χ1v) is 7.33. The zero-order chi connectivity index (χ0) is 19.3. The molecule has 2 unspecified atom stereocenters. The average molecular weight is 422 g/mol. The molecule has 2 rings (SSSR count). The van der Waals surface area contributed by atoms with Crippen molar-refractivity contribution >= 4 is 105 Å². The maximum atomic E-state index is 12.5. The van der Waals surface area contributed by atoms with E-state index < -0.39 is 35.4 Å². The molecule has 0 saturated heterocycles. The summed E-state index contributed by atoms with van der Waals surface area (Å²) in [5.74, 6) is -6.57. The third-order valence-corrected chi connectivity index (χ3v) is 3.52. The molecule has 2 aromatic rings. The van der Waals surface area contributed by atoms with Gasteiger partial charge in [0.15, 0.2) is 6.10 Å². The van der Waals surface area contributed by atoms with Gasteiger partial charge in [-0.15, -0.1) is 0 Å². The zero-order valence-electron chi connectivity index (χ0n) is 13.2. The van der Waals surface area contributed by atoms with Gasteiger partial charge in [-0.3, -0.25) is 4.79 Å². The Balaban J connectivity index is 0.00000364. The Morgan fingerprint density at radius 1 is 0.857 bits per heavy atom. The fourth-order valence-corrected chi connectivity index (χ4v) is 2.11. The van der Waals surface area contributed by atoms with Crippen molar-refractivity contribution in [1.29, 1.82) is 0 Å². The molecule has 0 aliphatic rings. The fourth-order valence-electron chi connectivity index (χ4n) is 2.11. The van der Waals surface area contributed by atoms with E-state index in [4.69, 9.17) is 5.11 Å². The average Bonchev–Trinajstić information content (AvgIpc) is 2.67. The van der Waals surface area contributed by atoms with Crippen LogP contribution in [0.25, 0.3) is 0 Å². The van der Waals surface area contributed by atoms with Gasteiger partial charge in [-0.25, -0.2) is 14.4 Å². The number of rotatable bonds is 6. The van der Waals surface area contributed by atoms with Crippen LogP contribution in [-0.2, 0) is 14.3 Å². The number of carbonyl (C=O) groups excluding carboxylic acids is 3. The quantitative estimate of drug-likeness (QED) is 0.236. The van der Waals surface area contributed by atoms with Crippen LogP contribution in [0.2, 0.25) is 0 Å². The molecular formula is C18H16KNaO8. The monoisotopic (exact) mass is 422 g/mol. The molecule has 0 fully saturated rings. The van der Waals surface area contributed by atoms with Gasteiger partial charge in [0.1, 0.15) is 0 Å². The molecule has 2 aromatic carbocycles. The second-order valence-corrected chi connectivity index (χ2v) is 5.25.